The number of anilines is 1. The van der Waals surface area contributed by atoms with Crippen molar-refractivity contribution in [2.45, 2.75) is 24.7 Å². The molecule has 5 rings (SSSR count). The monoisotopic (exact) mass is 439 g/mol. The fourth-order valence-corrected chi connectivity index (χ4v) is 5.77. The zero-order chi connectivity index (χ0) is 21.9. The van der Waals surface area contributed by atoms with Gasteiger partial charge < -0.3 is 0 Å². The largest absolute Gasteiger partial charge is 0.268 e. The van der Waals surface area contributed by atoms with E-state index in [0.717, 1.165) is 17.7 Å². The first-order valence-electron chi connectivity index (χ1n) is 9.88. The predicted molar refractivity (Wildman–Crippen MR) is 112 cm³/mol. The van der Waals surface area contributed by atoms with Gasteiger partial charge in [-0.25, -0.2) is 17.7 Å². The molecule has 0 atom stereocenters. The van der Waals surface area contributed by atoms with E-state index in [0.29, 0.717) is 29.7 Å². The number of carbonyl (C=O) groups excluding carboxylic acids is 2. The number of aryl methyl sites for hydroxylation is 1. The standard InChI is InChI=1S/C22H18FN3O4S/c1-13-19-20(22(28)26(21(19)27)15-6-4-14(23)5-7-15)17-12-16(8-9-18(17)24-13)31(29,30)25-10-2-3-11-25/h4-9,12H,2-3,10-11H2,1H3. The third-order valence-electron chi connectivity index (χ3n) is 5.76. The fourth-order valence-electron chi connectivity index (χ4n) is 4.23. The molecule has 31 heavy (non-hydrogen) atoms. The number of hydrogen-bond acceptors (Lipinski definition) is 5. The molecule has 7 nitrogen and oxygen atoms in total. The maximum Gasteiger partial charge on any atom is 0.268 e. The molecule has 0 unspecified atom stereocenters. The number of halogens is 1. The molecule has 0 aliphatic carbocycles. The Balaban J connectivity index is 1.69. The zero-order valence-corrected chi connectivity index (χ0v) is 17.4. The van der Waals surface area contributed by atoms with Crippen LogP contribution in [0.3, 0.4) is 0 Å². The molecule has 1 fully saturated rings. The summed E-state index contributed by atoms with van der Waals surface area (Å²) in [7, 11) is -3.71. The van der Waals surface area contributed by atoms with Crippen LogP contribution in [0.25, 0.3) is 10.9 Å². The summed E-state index contributed by atoms with van der Waals surface area (Å²) < 4.78 is 40.8. The van der Waals surface area contributed by atoms with Gasteiger partial charge in [-0.3, -0.25) is 14.6 Å². The Morgan fingerprint density at radius 2 is 1.58 bits per heavy atom. The molecule has 0 bridgehead atoms. The van der Waals surface area contributed by atoms with Crippen molar-refractivity contribution in [3.05, 3.63) is 65.1 Å². The highest BCUT2D eigenvalue weighted by molar-refractivity contribution is 7.89. The molecule has 1 aromatic heterocycles. The van der Waals surface area contributed by atoms with Gasteiger partial charge in [0.2, 0.25) is 10.0 Å². The Kier molecular flexibility index (Phi) is 4.42. The van der Waals surface area contributed by atoms with E-state index in [9.17, 15) is 22.4 Å². The van der Waals surface area contributed by atoms with Crippen LogP contribution in [-0.4, -0.2) is 42.6 Å². The van der Waals surface area contributed by atoms with Gasteiger partial charge in [0.05, 0.1) is 32.9 Å². The molecule has 1 saturated heterocycles. The first-order chi connectivity index (χ1) is 14.8. The highest BCUT2D eigenvalue weighted by Crippen LogP contribution is 2.35. The Morgan fingerprint density at radius 1 is 0.935 bits per heavy atom. The first kappa shape index (κ1) is 19.8. The zero-order valence-electron chi connectivity index (χ0n) is 16.6. The van der Waals surface area contributed by atoms with Crippen LogP contribution in [0.1, 0.15) is 39.3 Å². The lowest BCUT2D eigenvalue weighted by molar-refractivity contribution is 0.0926. The van der Waals surface area contributed by atoms with Crippen LogP contribution in [0.4, 0.5) is 10.1 Å². The van der Waals surface area contributed by atoms with Crippen molar-refractivity contribution < 1.29 is 22.4 Å². The topological polar surface area (TPSA) is 87.7 Å². The third kappa shape index (κ3) is 2.95. The predicted octanol–water partition coefficient (Wildman–Crippen LogP) is 3.27. The van der Waals surface area contributed by atoms with E-state index >= 15 is 0 Å². The van der Waals surface area contributed by atoms with E-state index in [1.807, 2.05) is 0 Å². The summed E-state index contributed by atoms with van der Waals surface area (Å²) in [6, 6.07) is 9.51. The summed E-state index contributed by atoms with van der Waals surface area (Å²) in [6.07, 6.45) is 1.62. The van der Waals surface area contributed by atoms with Gasteiger partial charge in [0, 0.05) is 18.5 Å². The highest BCUT2D eigenvalue weighted by Gasteiger charge is 2.40. The van der Waals surface area contributed by atoms with E-state index in [4.69, 9.17) is 0 Å². The van der Waals surface area contributed by atoms with E-state index in [2.05, 4.69) is 4.98 Å². The van der Waals surface area contributed by atoms with Crippen molar-refractivity contribution in [3.63, 3.8) is 0 Å². The molecule has 9 heteroatoms. The van der Waals surface area contributed by atoms with Crippen LogP contribution in [0.2, 0.25) is 0 Å². The van der Waals surface area contributed by atoms with Gasteiger partial charge in [-0.1, -0.05) is 0 Å². The number of benzene rings is 2. The third-order valence-corrected chi connectivity index (χ3v) is 7.65. The Labute approximate surface area is 178 Å². The number of carbonyl (C=O) groups is 2. The second-order valence-corrected chi connectivity index (χ2v) is 9.60. The first-order valence-corrected chi connectivity index (χ1v) is 11.3. The van der Waals surface area contributed by atoms with E-state index in [-0.39, 0.29) is 21.7 Å². The molecule has 2 aliphatic rings. The lowest BCUT2D eigenvalue weighted by Crippen LogP contribution is -2.29. The minimum Gasteiger partial charge on any atom is -0.268 e. The lowest BCUT2D eigenvalue weighted by Gasteiger charge is -2.16. The van der Waals surface area contributed by atoms with Crippen molar-refractivity contribution in [3.8, 4) is 0 Å². The molecule has 2 amide bonds. The quantitative estimate of drug-likeness (QED) is 0.585. The van der Waals surface area contributed by atoms with Gasteiger partial charge >= 0.3 is 0 Å². The van der Waals surface area contributed by atoms with Crippen LogP contribution in [-0.2, 0) is 10.0 Å². The van der Waals surface area contributed by atoms with Gasteiger partial charge in [0.25, 0.3) is 11.8 Å². The number of nitrogens with zero attached hydrogens (tertiary/aromatic N) is 3. The molecular weight excluding hydrogens is 421 g/mol. The molecule has 3 heterocycles. The smallest absolute Gasteiger partial charge is 0.268 e. The van der Waals surface area contributed by atoms with Gasteiger partial charge in [-0.15, -0.1) is 0 Å². The summed E-state index contributed by atoms with van der Waals surface area (Å²) in [5.74, 6) is -1.63. The second-order valence-electron chi connectivity index (χ2n) is 7.66. The van der Waals surface area contributed by atoms with Crippen molar-refractivity contribution in [2.24, 2.45) is 0 Å². The summed E-state index contributed by atoms with van der Waals surface area (Å²) in [6.45, 7) is 2.55. The second kappa shape index (κ2) is 6.93. The number of imide groups is 1. The summed E-state index contributed by atoms with van der Waals surface area (Å²) in [5, 5.41) is 0.309. The van der Waals surface area contributed by atoms with Crippen LogP contribution in [0.5, 0.6) is 0 Å². The number of pyridine rings is 1. The highest BCUT2D eigenvalue weighted by atomic mass is 32.2. The molecule has 2 aromatic carbocycles. The lowest BCUT2D eigenvalue weighted by atomic mass is 10.0. The molecule has 0 saturated carbocycles. The number of fused-ring (bicyclic) bond motifs is 3. The van der Waals surface area contributed by atoms with Crippen LogP contribution >= 0.6 is 0 Å². The van der Waals surface area contributed by atoms with E-state index in [1.165, 1.54) is 40.7 Å². The normalized spacial score (nSPS) is 17.0. The minimum absolute atomic E-state index is 0.0650. The maximum atomic E-state index is 13.3. The average molecular weight is 439 g/mol. The molecule has 158 valence electrons. The summed E-state index contributed by atoms with van der Waals surface area (Å²) >= 11 is 0. The average Bonchev–Trinajstić information content (AvgIpc) is 3.37. The van der Waals surface area contributed by atoms with Gasteiger partial charge in [0.15, 0.2) is 0 Å². The SMILES string of the molecule is Cc1nc2ccc(S(=O)(=O)N3CCCC3)cc2c2c1C(=O)N(c1ccc(F)cc1)C2=O. The van der Waals surface area contributed by atoms with Crippen LogP contribution < -0.4 is 4.90 Å². The van der Waals surface area contributed by atoms with Crippen molar-refractivity contribution in [1.82, 2.24) is 9.29 Å². The van der Waals surface area contributed by atoms with Gasteiger partial charge in [-0.2, -0.15) is 4.31 Å². The van der Waals surface area contributed by atoms with Crippen molar-refractivity contribution in [2.75, 3.05) is 18.0 Å². The van der Waals surface area contributed by atoms with Crippen molar-refractivity contribution in [1.29, 1.82) is 0 Å². The van der Waals surface area contributed by atoms with Crippen LogP contribution in [0.15, 0.2) is 47.4 Å². The van der Waals surface area contributed by atoms with Gasteiger partial charge in [-0.05, 0) is 62.2 Å². The summed E-state index contributed by atoms with van der Waals surface area (Å²) in [4.78, 5) is 31.9. The van der Waals surface area contributed by atoms with Crippen LogP contribution in [0, 0.1) is 12.7 Å². The maximum absolute atomic E-state index is 13.3. The fraction of sp³-hybridized carbons (Fsp3) is 0.227. The molecular formula is C22H18FN3O4S. The molecule has 2 aliphatic heterocycles. The number of hydrogen-bond donors (Lipinski definition) is 0. The molecule has 0 spiro atoms. The Hall–Kier alpha value is -3.17. The number of sulfonamides is 1. The Morgan fingerprint density at radius 3 is 2.26 bits per heavy atom. The molecule has 0 N–H and O–H groups in total. The molecule has 3 aromatic rings. The van der Waals surface area contributed by atoms with Gasteiger partial charge in [0.1, 0.15) is 5.82 Å². The Bertz CT molecular complexity index is 1360. The van der Waals surface area contributed by atoms with E-state index < -0.39 is 27.7 Å². The number of amides is 2. The van der Waals surface area contributed by atoms with E-state index in [1.54, 1.807) is 13.0 Å². The molecule has 0 radical (unpaired) electrons. The number of aromatic nitrogens is 1. The number of rotatable bonds is 3. The summed E-state index contributed by atoms with van der Waals surface area (Å²) in [5.41, 5.74) is 1.30. The minimum atomic E-state index is -3.71. The van der Waals surface area contributed by atoms with Crippen molar-refractivity contribution >= 4 is 38.4 Å².